The molecule has 0 bridgehead atoms. The van der Waals surface area contributed by atoms with Crippen molar-refractivity contribution in [3.8, 4) is 0 Å². The minimum absolute atomic E-state index is 0.280. The molecule has 0 heterocycles. The first-order chi connectivity index (χ1) is 8.01. The van der Waals surface area contributed by atoms with Crippen molar-refractivity contribution >= 4 is 5.97 Å². The number of carbonyl (C=O) groups is 1. The van der Waals surface area contributed by atoms with Gasteiger partial charge in [-0.2, -0.15) is 0 Å². The van der Waals surface area contributed by atoms with Gasteiger partial charge in [0.15, 0.2) is 6.10 Å². The third kappa shape index (κ3) is 1.93. The SMILES string of the molecule is COC(=O)C(O)C1(c2ccc(F)c(C)c2)CC1. The number of aliphatic hydroxyl groups excluding tert-OH is 1. The van der Waals surface area contributed by atoms with E-state index in [0.29, 0.717) is 18.4 Å². The summed E-state index contributed by atoms with van der Waals surface area (Å²) in [6, 6.07) is 4.69. The monoisotopic (exact) mass is 238 g/mol. The maximum Gasteiger partial charge on any atom is 0.335 e. The van der Waals surface area contributed by atoms with Crippen molar-refractivity contribution in [3.63, 3.8) is 0 Å². The number of halogens is 1. The lowest BCUT2D eigenvalue weighted by Gasteiger charge is -2.21. The number of hydrogen-bond acceptors (Lipinski definition) is 3. The van der Waals surface area contributed by atoms with Crippen LogP contribution in [0.15, 0.2) is 18.2 Å². The molecule has 1 unspecified atom stereocenters. The summed E-state index contributed by atoms with van der Waals surface area (Å²) in [5, 5.41) is 9.95. The second kappa shape index (κ2) is 4.11. The van der Waals surface area contributed by atoms with Crippen molar-refractivity contribution in [3.05, 3.63) is 35.1 Å². The van der Waals surface area contributed by atoms with Gasteiger partial charge in [-0.25, -0.2) is 9.18 Å². The Hall–Kier alpha value is -1.42. The van der Waals surface area contributed by atoms with Gasteiger partial charge in [-0.05, 0) is 37.0 Å². The van der Waals surface area contributed by atoms with Crippen LogP contribution in [-0.2, 0) is 14.9 Å². The first-order valence-electron chi connectivity index (χ1n) is 5.54. The van der Waals surface area contributed by atoms with Gasteiger partial charge in [0.2, 0.25) is 0 Å². The van der Waals surface area contributed by atoms with E-state index in [1.807, 2.05) is 0 Å². The lowest BCUT2D eigenvalue weighted by Crippen LogP contribution is -2.35. The van der Waals surface area contributed by atoms with Crippen LogP contribution in [0, 0.1) is 12.7 Å². The van der Waals surface area contributed by atoms with Gasteiger partial charge < -0.3 is 9.84 Å². The zero-order valence-corrected chi connectivity index (χ0v) is 9.87. The average molecular weight is 238 g/mol. The number of aryl methyl sites for hydroxylation is 1. The molecule has 1 aromatic rings. The van der Waals surface area contributed by atoms with Crippen molar-refractivity contribution < 1.29 is 19.0 Å². The summed E-state index contributed by atoms with van der Waals surface area (Å²) in [5.74, 6) is -0.915. The Kier molecular flexibility index (Phi) is 2.91. The lowest BCUT2D eigenvalue weighted by atomic mass is 9.89. The molecule has 4 heteroatoms. The summed E-state index contributed by atoms with van der Waals surface area (Å²) < 4.78 is 17.7. The zero-order chi connectivity index (χ0) is 12.6. The van der Waals surface area contributed by atoms with Gasteiger partial charge in [0, 0.05) is 5.41 Å². The molecule has 1 saturated carbocycles. The summed E-state index contributed by atoms with van der Waals surface area (Å²) in [7, 11) is 1.25. The number of carbonyl (C=O) groups excluding carboxylic acids is 1. The summed E-state index contributed by atoms with van der Waals surface area (Å²) in [5.41, 5.74) is 0.742. The van der Waals surface area contributed by atoms with E-state index < -0.39 is 17.5 Å². The highest BCUT2D eigenvalue weighted by molar-refractivity contribution is 5.77. The lowest BCUT2D eigenvalue weighted by molar-refractivity contribution is -0.152. The fourth-order valence-electron chi connectivity index (χ4n) is 2.15. The average Bonchev–Trinajstić information content (AvgIpc) is 3.12. The van der Waals surface area contributed by atoms with Gasteiger partial charge in [-0.1, -0.05) is 12.1 Å². The molecule has 0 aliphatic heterocycles. The molecular formula is C13H15FO3. The molecule has 0 aromatic heterocycles. The zero-order valence-electron chi connectivity index (χ0n) is 9.87. The fraction of sp³-hybridized carbons (Fsp3) is 0.462. The predicted octanol–water partition coefficient (Wildman–Crippen LogP) is 1.70. The molecule has 0 spiro atoms. The molecule has 0 saturated heterocycles. The second-order valence-corrected chi connectivity index (χ2v) is 4.55. The van der Waals surface area contributed by atoms with E-state index in [0.717, 1.165) is 5.56 Å². The Bertz CT molecular complexity index is 452. The smallest absolute Gasteiger partial charge is 0.335 e. The van der Waals surface area contributed by atoms with Gasteiger partial charge in [-0.15, -0.1) is 0 Å². The van der Waals surface area contributed by atoms with Crippen molar-refractivity contribution in [2.75, 3.05) is 7.11 Å². The molecule has 1 N–H and O–H groups in total. The third-order valence-electron chi connectivity index (χ3n) is 3.47. The molecule has 2 rings (SSSR count). The molecule has 3 nitrogen and oxygen atoms in total. The number of ether oxygens (including phenoxy) is 1. The first-order valence-corrected chi connectivity index (χ1v) is 5.54. The van der Waals surface area contributed by atoms with Crippen LogP contribution in [0.25, 0.3) is 0 Å². The number of hydrogen-bond donors (Lipinski definition) is 1. The summed E-state index contributed by atoms with van der Waals surface area (Å²) >= 11 is 0. The van der Waals surface area contributed by atoms with Crippen LogP contribution in [0.5, 0.6) is 0 Å². The van der Waals surface area contributed by atoms with Gasteiger partial charge in [0.1, 0.15) is 5.82 Å². The highest BCUT2D eigenvalue weighted by atomic mass is 19.1. The van der Waals surface area contributed by atoms with Crippen molar-refractivity contribution in [2.45, 2.75) is 31.3 Å². The molecule has 1 aliphatic carbocycles. The molecular weight excluding hydrogens is 223 g/mol. The highest BCUT2D eigenvalue weighted by Crippen LogP contribution is 2.51. The first kappa shape index (κ1) is 12.0. The normalized spacial score (nSPS) is 18.6. The van der Waals surface area contributed by atoms with E-state index in [2.05, 4.69) is 4.74 Å². The topological polar surface area (TPSA) is 46.5 Å². The van der Waals surface area contributed by atoms with Crippen molar-refractivity contribution in [1.82, 2.24) is 0 Å². The van der Waals surface area contributed by atoms with Crippen LogP contribution in [0.4, 0.5) is 4.39 Å². The Morgan fingerprint density at radius 3 is 2.65 bits per heavy atom. The van der Waals surface area contributed by atoms with Gasteiger partial charge in [-0.3, -0.25) is 0 Å². The minimum Gasteiger partial charge on any atom is -0.467 e. The van der Waals surface area contributed by atoms with E-state index in [4.69, 9.17) is 0 Å². The standard InChI is InChI=1S/C13H15FO3/c1-8-7-9(3-4-10(8)14)13(5-6-13)11(15)12(16)17-2/h3-4,7,11,15H,5-6H2,1-2H3. The minimum atomic E-state index is -1.17. The number of benzene rings is 1. The van der Waals surface area contributed by atoms with Crippen LogP contribution in [0.2, 0.25) is 0 Å². The van der Waals surface area contributed by atoms with Crippen LogP contribution >= 0.6 is 0 Å². The number of rotatable bonds is 3. The van der Waals surface area contributed by atoms with Crippen LogP contribution in [-0.4, -0.2) is 24.3 Å². The maximum absolute atomic E-state index is 13.2. The molecule has 1 aromatic carbocycles. The Morgan fingerprint density at radius 1 is 1.53 bits per heavy atom. The highest BCUT2D eigenvalue weighted by Gasteiger charge is 2.53. The van der Waals surface area contributed by atoms with E-state index >= 15 is 0 Å². The molecule has 0 amide bonds. The molecule has 1 aliphatic rings. The number of esters is 1. The van der Waals surface area contributed by atoms with Gasteiger partial charge >= 0.3 is 5.97 Å². The van der Waals surface area contributed by atoms with Crippen molar-refractivity contribution in [2.24, 2.45) is 0 Å². The second-order valence-electron chi connectivity index (χ2n) is 4.55. The summed E-state index contributed by atoms with van der Waals surface area (Å²) in [4.78, 5) is 11.4. The van der Waals surface area contributed by atoms with E-state index in [9.17, 15) is 14.3 Å². The third-order valence-corrected chi connectivity index (χ3v) is 3.47. The van der Waals surface area contributed by atoms with Crippen molar-refractivity contribution in [1.29, 1.82) is 0 Å². The fourth-order valence-corrected chi connectivity index (χ4v) is 2.15. The van der Waals surface area contributed by atoms with Crippen LogP contribution in [0.1, 0.15) is 24.0 Å². The predicted molar refractivity (Wildman–Crippen MR) is 60.1 cm³/mol. The molecule has 1 atom stereocenters. The quantitative estimate of drug-likeness (QED) is 0.815. The maximum atomic E-state index is 13.2. The number of aliphatic hydroxyl groups is 1. The van der Waals surface area contributed by atoms with Crippen LogP contribution < -0.4 is 0 Å². The largest absolute Gasteiger partial charge is 0.467 e. The van der Waals surface area contributed by atoms with Gasteiger partial charge in [0.05, 0.1) is 7.11 Å². The van der Waals surface area contributed by atoms with Crippen LogP contribution in [0.3, 0.4) is 0 Å². The Balaban J connectivity index is 2.32. The van der Waals surface area contributed by atoms with E-state index in [1.54, 1.807) is 19.1 Å². The Morgan fingerprint density at radius 2 is 2.18 bits per heavy atom. The van der Waals surface area contributed by atoms with E-state index in [-0.39, 0.29) is 5.82 Å². The summed E-state index contributed by atoms with van der Waals surface area (Å²) in [6.45, 7) is 1.67. The molecule has 1 fully saturated rings. The molecule has 0 radical (unpaired) electrons. The van der Waals surface area contributed by atoms with Gasteiger partial charge in [0.25, 0.3) is 0 Å². The Labute approximate surface area is 99.2 Å². The molecule has 17 heavy (non-hydrogen) atoms. The number of methoxy groups -OCH3 is 1. The van der Waals surface area contributed by atoms with E-state index in [1.165, 1.54) is 13.2 Å². The summed E-state index contributed by atoms with van der Waals surface area (Å²) in [6.07, 6.45) is 0.264. The molecule has 92 valence electrons.